The van der Waals surface area contributed by atoms with Crippen LogP contribution in [0.3, 0.4) is 0 Å². The fraction of sp³-hybridized carbons (Fsp3) is 0.450. The van der Waals surface area contributed by atoms with Crippen LogP contribution in [-0.4, -0.2) is 55.8 Å². The highest BCUT2D eigenvalue weighted by molar-refractivity contribution is 5.95. The van der Waals surface area contributed by atoms with Gasteiger partial charge >= 0.3 is 0 Å². The van der Waals surface area contributed by atoms with Gasteiger partial charge in [0.1, 0.15) is 0 Å². The highest BCUT2D eigenvalue weighted by Gasteiger charge is 2.27. The number of nitrogens with zero attached hydrogens (tertiary/aromatic N) is 6. The zero-order valence-corrected chi connectivity index (χ0v) is 16.8. The minimum Gasteiger partial charge on any atom is -0.454 e. The van der Waals surface area contributed by atoms with E-state index in [0.717, 1.165) is 12.8 Å². The Morgan fingerprint density at radius 2 is 1.97 bits per heavy atom. The van der Waals surface area contributed by atoms with E-state index in [1.54, 1.807) is 18.2 Å². The highest BCUT2D eigenvalue weighted by Crippen LogP contribution is 2.33. The number of likely N-dealkylation sites (tertiary alicyclic amines) is 1. The molecule has 4 heterocycles. The summed E-state index contributed by atoms with van der Waals surface area (Å²) < 4.78 is 17.8. The zero-order chi connectivity index (χ0) is 20.7. The van der Waals surface area contributed by atoms with E-state index in [1.165, 1.54) is 0 Å². The van der Waals surface area contributed by atoms with E-state index < -0.39 is 0 Å². The van der Waals surface area contributed by atoms with E-state index in [-0.39, 0.29) is 24.7 Å². The SMILES string of the molecule is CC(C)c1noc(-c2cn(C3CCN(C(=O)c4ccc5c(c4)OCO5)CC3)nn2)n1. The van der Waals surface area contributed by atoms with Crippen molar-refractivity contribution in [1.29, 1.82) is 0 Å². The number of amides is 1. The van der Waals surface area contributed by atoms with E-state index in [4.69, 9.17) is 14.0 Å². The Labute approximate surface area is 172 Å². The molecule has 0 saturated carbocycles. The Bertz CT molecular complexity index is 1070. The third kappa shape index (κ3) is 3.38. The number of carbonyl (C=O) groups excluding carboxylic acids is 1. The number of hydrogen-bond donors (Lipinski definition) is 0. The lowest BCUT2D eigenvalue weighted by Crippen LogP contribution is -2.39. The van der Waals surface area contributed by atoms with E-state index in [9.17, 15) is 4.79 Å². The van der Waals surface area contributed by atoms with Crippen LogP contribution in [0.1, 0.15) is 54.8 Å². The van der Waals surface area contributed by atoms with Gasteiger partial charge in [0.05, 0.1) is 12.2 Å². The first kappa shape index (κ1) is 18.6. The summed E-state index contributed by atoms with van der Waals surface area (Å²) >= 11 is 0. The number of hydrogen-bond acceptors (Lipinski definition) is 8. The summed E-state index contributed by atoms with van der Waals surface area (Å²) in [6.07, 6.45) is 3.41. The van der Waals surface area contributed by atoms with Crippen molar-refractivity contribution in [1.82, 2.24) is 30.0 Å². The first-order valence-electron chi connectivity index (χ1n) is 10.0. The Kier molecular flexibility index (Phi) is 4.61. The van der Waals surface area contributed by atoms with Crippen molar-refractivity contribution < 1.29 is 18.8 Å². The molecule has 2 aliphatic heterocycles. The summed E-state index contributed by atoms with van der Waals surface area (Å²) in [6.45, 7) is 5.49. The van der Waals surface area contributed by atoms with Gasteiger partial charge in [-0.25, -0.2) is 4.68 Å². The average molecular weight is 410 g/mol. The number of ether oxygens (including phenoxy) is 2. The molecule has 0 spiro atoms. The maximum absolute atomic E-state index is 12.9. The molecule has 3 aromatic rings. The maximum Gasteiger partial charge on any atom is 0.280 e. The molecule has 2 aromatic heterocycles. The lowest BCUT2D eigenvalue weighted by Gasteiger charge is -2.31. The first-order valence-corrected chi connectivity index (χ1v) is 10.0. The molecule has 2 aliphatic rings. The van der Waals surface area contributed by atoms with Gasteiger partial charge < -0.3 is 18.9 Å². The molecular weight excluding hydrogens is 388 g/mol. The van der Waals surface area contributed by atoms with Gasteiger partial charge in [-0.2, -0.15) is 4.98 Å². The summed E-state index contributed by atoms with van der Waals surface area (Å²) in [5, 5.41) is 12.4. The number of fused-ring (bicyclic) bond motifs is 1. The molecule has 1 fully saturated rings. The third-order valence-electron chi connectivity index (χ3n) is 5.43. The van der Waals surface area contributed by atoms with Crippen molar-refractivity contribution in [2.45, 2.75) is 38.6 Å². The van der Waals surface area contributed by atoms with Crippen LogP contribution in [0.2, 0.25) is 0 Å². The van der Waals surface area contributed by atoms with Crippen molar-refractivity contribution in [3.05, 3.63) is 35.8 Å². The van der Waals surface area contributed by atoms with Crippen LogP contribution in [0.4, 0.5) is 0 Å². The normalized spacial score (nSPS) is 16.4. The van der Waals surface area contributed by atoms with Crippen LogP contribution < -0.4 is 9.47 Å². The second-order valence-electron chi connectivity index (χ2n) is 7.79. The Hall–Kier alpha value is -3.43. The molecule has 0 radical (unpaired) electrons. The third-order valence-corrected chi connectivity index (χ3v) is 5.43. The number of aromatic nitrogens is 5. The summed E-state index contributed by atoms with van der Waals surface area (Å²) in [7, 11) is 0. The van der Waals surface area contributed by atoms with Crippen LogP contribution in [0.15, 0.2) is 28.9 Å². The van der Waals surface area contributed by atoms with E-state index in [1.807, 2.05) is 29.6 Å². The number of piperidine rings is 1. The second kappa shape index (κ2) is 7.43. The summed E-state index contributed by atoms with van der Waals surface area (Å²) in [5.41, 5.74) is 1.17. The number of carbonyl (C=O) groups is 1. The fourth-order valence-electron chi connectivity index (χ4n) is 3.67. The van der Waals surface area contributed by atoms with Crippen molar-refractivity contribution in [3.63, 3.8) is 0 Å². The van der Waals surface area contributed by atoms with Crippen LogP contribution in [0.25, 0.3) is 11.6 Å². The van der Waals surface area contributed by atoms with Crippen molar-refractivity contribution in [2.75, 3.05) is 19.9 Å². The molecule has 156 valence electrons. The van der Waals surface area contributed by atoms with E-state index >= 15 is 0 Å². The molecule has 10 nitrogen and oxygen atoms in total. The molecule has 1 aromatic carbocycles. The molecule has 0 unspecified atom stereocenters. The molecule has 5 rings (SSSR count). The molecule has 0 bridgehead atoms. The molecule has 0 N–H and O–H groups in total. The highest BCUT2D eigenvalue weighted by atomic mass is 16.7. The summed E-state index contributed by atoms with van der Waals surface area (Å²) in [6, 6.07) is 5.47. The quantitative estimate of drug-likeness (QED) is 0.646. The van der Waals surface area contributed by atoms with Crippen LogP contribution >= 0.6 is 0 Å². The zero-order valence-electron chi connectivity index (χ0n) is 16.8. The Morgan fingerprint density at radius 3 is 2.73 bits per heavy atom. The van der Waals surface area contributed by atoms with Gasteiger partial charge in [-0.05, 0) is 31.0 Å². The first-order chi connectivity index (χ1) is 14.6. The van der Waals surface area contributed by atoms with Gasteiger partial charge in [-0.1, -0.05) is 24.2 Å². The molecule has 1 saturated heterocycles. The lowest BCUT2D eigenvalue weighted by molar-refractivity contribution is 0.0689. The van der Waals surface area contributed by atoms with Gasteiger partial charge in [0.25, 0.3) is 11.8 Å². The minimum atomic E-state index is -0.00176. The summed E-state index contributed by atoms with van der Waals surface area (Å²) in [4.78, 5) is 19.1. The van der Waals surface area contributed by atoms with Crippen LogP contribution in [-0.2, 0) is 0 Å². The molecular formula is C20H22N6O4. The van der Waals surface area contributed by atoms with E-state index in [0.29, 0.717) is 47.6 Å². The summed E-state index contributed by atoms with van der Waals surface area (Å²) in [5.74, 6) is 2.50. The predicted octanol–water partition coefficient (Wildman–Crippen LogP) is 2.66. The van der Waals surface area contributed by atoms with Gasteiger partial charge in [0.2, 0.25) is 6.79 Å². The van der Waals surface area contributed by atoms with Gasteiger partial charge in [0, 0.05) is 24.6 Å². The van der Waals surface area contributed by atoms with E-state index in [2.05, 4.69) is 20.5 Å². The second-order valence-corrected chi connectivity index (χ2v) is 7.79. The molecule has 1 amide bonds. The number of benzene rings is 1. The lowest BCUT2D eigenvalue weighted by atomic mass is 10.0. The van der Waals surface area contributed by atoms with Crippen molar-refractivity contribution in [2.24, 2.45) is 0 Å². The molecule has 0 atom stereocenters. The predicted molar refractivity (Wildman–Crippen MR) is 104 cm³/mol. The number of rotatable bonds is 4. The van der Waals surface area contributed by atoms with Crippen molar-refractivity contribution >= 4 is 5.91 Å². The Balaban J connectivity index is 1.23. The van der Waals surface area contributed by atoms with Crippen molar-refractivity contribution in [3.8, 4) is 23.1 Å². The van der Waals surface area contributed by atoms with Gasteiger partial charge in [0.15, 0.2) is 23.0 Å². The van der Waals surface area contributed by atoms with Gasteiger partial charge in [-0.3, -0.25) is 4.79 Å². The fourth-order valence-corrected chi connectivity index (χ4v) is 3.67. The topological polar surface area (TPSA) is 108 Å². The largest absolute Gasteiger partial charge is 0.454 e. The average Bonchev–Trinajstić information content (AvgIpc) is 3.52. The van der Waals surface area contributed by atoms with Crippen LogP contribution in [0, 0.1) is 0 Å². The molecule has 10 heteroatoms. The van der Waals surface area contributed by atoms with Crippen LogP contribution in [0.5, 0.6) is 11.5 Å². The maximum atomic E-state index is 12.9. The Morgan fingerprint density at radius 1 is 1.17 bits per heavy atom. The minimum absolute atomic E-state index is 0.00176. The smallest absolute Gasteiger partial charge is 0.280 e. The molecule has 0 aliphatic carbocycles. The monoisotopic (exact) mass is 410 g/mol. The standard InChI is InChI=1S/C20H22N6O4/c1-12(2)18-21-19(30-23-18)15-10-26(24-22-15)14-5-7-25(8-6-14)20(27)13-3-4-16-17(9-13)29-11-28-16/h3-4,9-10,12,14H,5-8,11H2,1-2H3. The molecule has 30 heavy (non-hydrogen) atoms. The van der Waals surface area contributed by atoms with Gasteiger partial charge in [-0.15, -0.1) is 5.10 Å².